The maximum atomic E-state index is 10.9. The van der Waals surface area contributed by atoms with Gasteiger partial charge in [-0.15, -0.1) is 0 Å². The summed E-state index contributed by atoms with van der Waals surface area (Å²) in [6.45, 7) is 0. The van der Waals surface area contributed by atoms with Crippen LogP contribution in [-0.2, 0) is 9.53 Å². The molecule has 1 aliphatic heterocycles. The first kappa shape index (κ1) is 18.2. The Morgan fingerprint density at radius 3 is 2.61 bits per heavy atom. The molecule has 23 heavy (non-hydrogen) atoms. The number of hydrogen-bond acceptors (Lipinski definition) is 7. The number of aromatic amines is 1. The van der Waals surface area contributed by atoms with Gasteiger partial charge in [-0.05, 0) is 18.2 Å². The van der Waals surface area contributed by atoms with Crippen LogP contribution < -0.4 is 39.4 Å². The number of aliphatic hydroxyl groups excluding tert-OH is 3. The van der Waals surface area contributed by atoms with E-state index in [-0.39, 0.29) is 29.6 Å². The first-order valence-electron chi connectivity index (χ1n) is 6.62. The predicted molar refractivity (Wildman–Crippen MR) is 70.6 cm³/mol. The average Bonchev–Trinajstić information content (AvgIpc) is 2.97. The van der Waals surface area contributed by atoms with Gasteiger partial charge in [-0.1, -0.05) is 6.07 Å². The van der Waals surface area contributed by atoms with Gasteiger partial charge >= 0.3 is 29.6 Å². The smallest absolute Gasteiger partial charge is 0.547 e. The van der Waals surface area contributed by atoms with E-state index in [1.165, 1.54) is 0 Å². The molecule has 0 bridgehead atoms. The Balaban J connectivity index is 0.00000192. The number of aliphatic hydroxyl groups is 3. The molecule has 0 aliphatic carbocycles. The molecule has 4 N–H and O–H groups in total. The summed E-state index contributed by atoms with van der Waals surface area (Å²) >= 11 is 0. The van der Waals surface area contributed by atoms with Gasteiger partial charge in [0.1, 0.15) is 30.2 Å². The first-order chi connectivity index (χ1) is 10.5. The number of benzene rings is 1. The van der Waals surface area contributed by atoms with Gasteiger partial charge < -0.3 is 39.7 Å². The third-order valence-corrected chi connectivity index (χ3v) is 3.60. The average molecular weight is 331 g/mol. The van der Waals surface area contributed by atoms with Crippen molar-refractivity contribution in [3.63, 3.8) is 0 Å². The molecule has 1 aromatic heterocycles. The summed E-state index contributed by atoms with van der Waals surface area (Å²) in [5.41, 5.74) is 0.778. The van der Waals surface area contributed by atoms with Gasteiger partial charge in [0.05, 0.1) is 5.97 Å². The van der Waals surface area contributed by atoms with E-state index in [1.807, 2.05) is 6.07 Å². The Labute approximate surface area is 152 Å². The number of carboxylic acid groups (broad SMARTS) is 1. The Bertz CT molecular complexity index is 691. The van der Waals surface area contributed by atoms with Gasteiger partial charge in [0, 0.05) is 17.1 Å². The van der Waals surface area contributed by atoms with Crippen LogP contribution in [0.5, 0.6) is 5.75 Å². The summed E-state index contributed by atoms with van der Waals surface area (Å²) in [4.78, 5) is 13.9. The summed E-state index contributed by atoms with van der Waals surface area (Å²) in [6.07, 6.45) is -6.71. The zero-order valence-corrected chi connectivity index (χ0v) is 14.2. The summed E-state index contributed by atoms with van der Waals surface area (Å²) in [5, 5.41) is 40.9. The molecule has 1 aromatic carbocycles. The molecule has 0 saturated carbocycles. The van der Waals surface area contributed by atoms with Gasteiger partial charge in [-0.2, -0.15) is 0 Å². The van der Waals surface area contributed by atoms with Crippen LogP contribution in [0, 0.1) is 0 Å². The number of aromatic nitrogens is 1. The minimum absolute atomic E-state index is 0. The van der Waals surface area contributed by atoms with Crippen LogP contribution in [0.1, 0.15) is 0 Å². The van der Waals surface area contributed by atoms with Gasteiger partial charge in [0.15, 0.2) is 0 Å². The quantitative estimate of drug-likeness (QED) is 0.414. The number of rotatable bonds is 3. The number of fused-ring (bicyclic) bond motifs is 1. The van der Waals surface area contributed by atoms with E-state index in [0.29, 0.717) is 11.1 Å². The third-order valence-electron chi connectivity index (χ3n) is 3.60. The largest absolute Gasteiger partial charge is 1.00 e. The Morgan fingerprint density at radius 2 is 1.91 bits per heavy atom. The molecular formula is C14H14NNaO7. The molecule has 3 rings (SSSR count). The summed E-state index contributed by atoms with van der Waals surface area (Å²) in [7, 11) is 0. The van der Waals surface area contributed by atoms with Crippen LogP contribution in [0.15, 0.2) is 30.5 Å². The zero-order chi connectivity index (χ0) is 15.9. The zero-order valence-electron chi connectivity index (χ0n) is 12.2. The standard InChI is InChI=1S/C14H15NO7.Na/c16-9-10(17)12(13(19)20)22-14(11(9)18)21-8-3-1-2-7-6(8)4-5-15-7;/h1-5,9-12,14-18H,(H,19,20);/q;+1/p-1/t9-,10-,11+,12-,14+;/m0./s1. The molecule has 1 aliphatic rings. The van der Waals surface area contributed by atoms with E-state index in [0.717, 1.165) is 5.52 Å². The van der Waals surface area contributed by atoms with E-state index in [9.17, 15) is 25.2 Å². The Morgan fingerprint density at radius 1 is 1.17 bits per heavy atom. The van der Waals surface area contributed by atoms with Crippen molar-refractivity contribution in [3.05, 3.63) is 30.5 Å². The van der Waals surface area contributed by atoms with Gasteiger partial charge in [-0.25, -0.2) is 0 Å². The first-order valence-corrected chi connectivity index (χ1v) is 6.62. The van der Waals surface area contributed by atoms with Crippen LogP contribution in [0.4, 0.5) is 0 Å². The molecule has 8 nitrogen and oxygen atoms in total. The third kappa shape index (κ3) is 3.38. The van der Waals surface area contributed by atoms with E-state index in [1.54, 1.807) is 24.4 Å². The number of carbonyl (C=O) groups is 1. The molecule has 0 unspecified atom stereocenters. The number of nitrogens with one attached hydrogen (secondary N) is 1. The number of carbonyl (C=O) groups excluding carboxylic acids is 1. The van der Waals surface area contributed by atoms with E-state index < -0.39 is 36.7 Å². The second-order valence-electron chi connectivity index (χ2n) is 5.03. The number of hydrogen-bond donors (Lipinski definition) is 4. The fourth-order valence-electron chi connectivity index (χ4n) is 2.42. The summed E-state index contributed by atoms with van der Waals surface area (Å²) < 4.78 is 10.5. The van der Waals surface area contributed by atoms with Crippen molar-refractivity contribution >= 4 is 16.9 Å². The minimum atomic E-state index is -1.80. The molecule has 1 fully saturated rings. The fourth-order valence-corrected chi connectivity index (χ4v) is 2.42. The second kappa shape index (κ2) is 7.18. The normalized spacial score (nSPS) is 30.7. The van der Waals surface area contributed by atoms with Crippen molar-refractivity contribution in [1.82, 2.24) is 4.98 Å². The molecule has 118 valence electrons. The second-order valence-corrected chi connectivity index (χ2v) is 5.03. The molecule has 0 amide bonds. The van der Waals surface area contributed by atoms with E-state index in [2.05, 4.69) is 4.98 Å². The van der Waals surface area contributed by atoms with Gasteiger partial charge in [0.25, 0.3) is 0 Å². The molecule has 1 saturated heterocycles. The Kier molecular flexibility index (Phi) is 5.69. The number of ether oxygens (including phenoxy) is 2. The predicted octanol–water partition coefficient (Wildman–Crippen LogP) is -4.89. The molecule has 9 heteroatoms. The maximum absolute atomic E-state index is 10.9. The molecule has 0 spiro atoms. The SMILES string of the molecule is O=C([O-])[C@H]1O[C@@H](Oc2cccc3[nH]ccc23)[C@H](O)[C@@H](O)[C@@H]1O.[Na+]. The molecule has 5 atom stereocenters. The van der Waals surface area contributed by atoms with Crippen LogP contribution in [-0.4, -0.2) is 57.0 Å². The van der Waals surface area contributed by atoms with Crippen molar-refractivity contribution in [2.75, 3.05) is 0 Å². The topological polar surface area (TPSA) is 135 Å². The van der Waals surface area contributed by atoms with E-state index in [4.69, 9.17) is 9.47 Å². The van der Waals surface area contributed by atoms with Crippen LogP contribution in [0.3, 0.4) is 0 Å². The maximum Gasteiger partial charge on any atom is 1.00 e. The van der Waals surface area contributed by atoms with Crippen LogP contribution >= 0.6 is 0 Å². The number of carboxylic acids is 1. The minimum Gasteiger partial charge on any atom is -0.547 e. The summed E-state index contributed by atoms with van der Waals surface area (Å²) in [6, 6.07) is 6.85. The number of aliphatic carboxylic acids is 1. The van der Waals surface area contributed by atoms with Crippen molar-refractivity contribution in [2.24, 2.45) is 0 Å². The fraction of sp³-hybridized carbons (Fsp3) is 0.357. The van der Waals surface area contributed by atoms with E-state index >= 15 is 0 Å². The van der Waals surface area contributed by atoms with Crippen LogP contribution in [0.2, 0.25) is 0 Å². The Hall–Kier alpha value is -1.13. The molecule has 2 heterocycles. The van der Waals surface area contributed by atoms with Crippen molar-refractivity contribution in [2.45, 2.75) is 30.7 Å². The molecule has 0 radical (unpaired) electrons. The molecule has 2 aromatic rings. The van der Waals surface area contributed by atoms with Crippen LogP contribution in [0.25, 0.3) is 10.9 Å². The molecular weight excluding hydrogens is 317 g/mol. The van der Waals surface area contributed by atoms with Gasteiger partial charge in [-0.3, -0.25) is 0 Å². The van der Waals surface area contributed by atoms with Crippen molar-refractivity contribution < 1.29 is 64.3 Å². The summed E-state index contributed by atoms with van der Waals surface area (Å²) in [5.74, 6) is -1.37. The number of H-pyrrole nitrogens is 1. The van der Waals surface area contributed by atoms with Crippen molar-refractivity contribution in [1.29, 1.82) is 0 Å². The van der Waals surface area contributed by atoms with Crippen molar-refractivity contribution in [3.8, 4) is 5.75 Å². The van der Waals surface area contributed by atoms with Gasteiger partial charge in [0.2, 0.25) is 6.29 Å². The monoisotopic (exact) mass is 331 g/mol.